The molecule has 0 saturated heterocycles. The van der Waals surface area contributed by atoms with E-state index in [1.807, 2.05) is 0 Å². The third kappa shape index (κ3) is 250. The van der Waals surface area contributed by atoms with Crippen molar-refractivity contribution in [1.82, 2.24) is 0 Å². The van der Waals surface area contributed by atoms with Crippen LogP contribution in [0, 0.1) is 10.1 Å². The van der Waals surface area contributed by atoms with Crippen LogP contribution in [0.25, 0.3) is 0 Å². The first kappa shape index (κ1) is 9.07. The first-order valence-corrected chi connectivity index (χ1v) is 0.408. The van der Waals surface area contributed by atoms with E-state index in [4.69, 9.17) is 10.1 Å². The van der Waals surface area contributed by atoms with Gasteiger partial charge in [0.1, 0.15) is 0 Å². The molecule has 0 aliphatic carbocycles. The van der Waals surface area contributed by atoms with E-state index in [1.165, 1.54) is 0 Å². The average Bonchev–Trinajstić information content (AvgIpc) is 0.918. The van der Waals surface area contributed by atoms with Crippen LogP contribution >= 0.6 is 0 Å². The van der Waals surface area contributed by atoms with Gasteiger partial charge in [-0.3, -0.25) is 10.1 Å². The molecule has 1 radical (unpaired) electrons. The van der Waals surface area contributed by atoms with Crippen LogP contribution in [-0.2, 0) is 17.1 Å². The molecule has 0 fully saturated rings. The quantitative estimate of drug-likeness (QED) is 0.226. The van der Waals surface area contributed by atoms with Gasteiger partial charge in [-0.2, -0.15) is 0 Å². The van der Waals surface area contributed by atoms with E-state index in [0.717, 1.165) is 0 Å². The molecule has 0 spiro atoms. The van der Waals surface area contributed by atoms with E-state index in [9.17, 15) is 0 Å². The number of hydrogen-bond acceptors (Lipinski definition) is 2. The standard InChI is InChI=1S/Mn.HNO2/c;2-1-3/h;1H. The Morgan fingerprint density at radius 2 is 1.75 bits per heavy atom. The van der Waals surface area contributed by atoms with Crippen molar-refractivity contribution in [2.75, 3.05) is 0 Å². The maximum Gasteiger partial charge on any atom is 0.00366 e. The minimum Gasteiger partial charge on any atom is -0.267 e. The van der Waals surface area contributed by atoms with E-state index in [0.29, 0.717) is 0 Å². The van der Waals surface area contributed by atoms with Crippen molar-refractivity contribution in [3.8, 4) is 0 Å². The van der Waals surface area contributed by atoms with Gasteiger partial charge in [0.2, 0.25) is 0 Å². The van der Waals surface area contributed by atoms with Crippen molar-refractivity contribution in [3.63, 3.8) is 0 Å². The zero-order valence-corrected chi connectivity index (χ0v) is 2.87. The molecule has 0 amide bonds. The molecule has 0 aromatic carbocycles. The normalized spacial score (nSPS) is 3.00. The number of nitrogens with one attached hydrogen (secondary N) is 1. The van der Waals surface area contributed by atoms with Crippen LogP contribution in [0.3, 0.4) is 0 Å². The molecule has 0 heterocycles. The van der Waals surface area contributed by atoms with Gasteiger partial charge >= 0.3 is 0 Å². The van der Waals surface area contributed by atoms with E-state index in [-0.39, 0.29) is 22.4 Å². The van der Waals surface area contributed by atoms with Crippen molar-refractivity contribution < 1.29 is 22.4 Å². The predicted molar refractivity (Wildman–Crippen MR) is 7.70 cm³/mol. The van der Waals surface area contributed by atoms with E-state index in [1.54, 1.807) is 0 Å². The third-order valence-electron chi connectivity index (χ3n) is 0. The Labute approximate surface area is 33.4 Å². The van der Waals surface area contributed by atoms with Crippen molar-refractivity contribution in [3.05, 3.63) is 10.1 Å². The summed E-state index contributed by atoms with van der Waals surface area (Å²) in [6.07, 6.45) is 0. The summed E-state index contributed by atoms with van der Waals surface area (Å²) in [4.78, 5) is 8.12. The summed E-state index contributed by atoms with van der Waals surface area (Å²) < 4.78 is 0. The molecule has 3 nitrogen and oxygen atoms in total. The second-order valence-corrected chi connectivity index (χ2v) is 0.0833. The van der Waals surface area contributed by atoms with Gasteiger partial charge in [-0.15, -0.1) is 0 Å². The van der Waals surface area contributed by atoms with Crippen LogP contribution in [-0.4, -0.2) is 0 Å². The first-order valence-electron chi connectivity index (χ1n) is 0.408. The van der Waals surface area contributed by atoms with Crippen LogP contribution < -0.4 is 5.34 Å². The van der Waals surface area contributed by atoms with Crippen molar-refractivity contribution in [2.24, 2.45) is 0 Å². The Balaban J connectivity index is 0. The molecular formula is HMnNO2. The van der Waals surface area contributed by atoms with Gasteiger partial charge in [0, 0.05) is 22.4 Å². The molecule has 0 atom stereocenters. The van der Waals surface area contributed by atoms with Crippen LogP contribution in [0.15, 0.2) is 0 Å². The third-order valence-corrected chi connectivity index (χ3v) is 0. The maximum absolute atomic E-state index is 8.12. The molecular weight excluding hydrogens is 101 g/mol. The Morgan fingerprint density at radius 3 is 1.75 bits per heavy atom. The van der Waals surface area contributed by atoms with Gasteiger partial charge < -0.3 is 0 Å². The van der Waals surface area contributed by atoms with Gasteiger partial charge in [0.25, 0.3) is 0 Å². The molecule has 1 N–H and O–H groups in total. The predicted octanol–water partition coefficient (Wildman–Crippen LogP) is -1.67. The van der Waals surface area contributed by atoms with Crippen LogP contribution in [0.4, 0.5) is 0 Å². The summed E-state index contributed by atoms with van der Waals surface area (Å²) >= 11 is 0. The second kappa shape index (κ2) is 12.7. The van der Waals surface area contributed by atoms with Crippen LogP contribution in [0.1, 0.15) is 0 Å². The molecule has 4 heavy (non-hydrogen) atoms. The fourth-order valence-electron chi connectivity index (χ4n) is 0. The van der Waals surface area contributed by atoms with Gasteiger partial charge in [0.15, 0.2) is 0 Å². The topological polar surface area (TPSA) is 54.1 Å². The minimum absolute atomic E-state index is 0. The molecule has 0 aliphatic heterocycles. The summed E-state index contributed by atoms with van der Waals surface area (Å²) in [6, 6.07) is 0. The summed E-state index contributed by atoms with van der Waals surface area (Å²) in [6.45, 7) is 0. The van der Waals surface area contributed by atoms with Crippen LogP contribution in [0.5, 0.6) is 0 Å². The fraction of sp³-hybridized carbons (Fsp3) is 0. The summed E-state index contributed by atoms with van der Waals surface area (Å²) in [5.74, 6) is 0. The maximum atomic E-state index is 8.12. The molecule has 0 unspecified atom stereocenters. The molecule has 25 valence electrons. The van der Waals surface area contributed by atoms with Crippen molar-refractivity contribution in [1.29, 1.82) is 0 Å². The van der Waals surface area contributed by atoms with Crippen molar-refractivity contribution in [2.45, 2.75) is 0 Å². The Kier molecular flexibility index (Phi) is 28.8. The van der Waals surface area contributed by atoms with Gasteiger partial charge in [-0.05, 0) is 0 Å². The molecule has 4 heteroatoms. The number of rotatable bonds is 0. The van der Waals surface area contributed by atoms with E-state index in [2.05, 4.69) is 0 Å². The second-order valence-electron chi connectivity index (χ2n) is 0.0833. The average molecular weight is 102 g/mol. The Bertz CT molecular complexity index is 13.5. The molecule has 0 aromatic rings. The molecule has 0 bridgehead atoms. The largest absolute Gasteiger partial charge is 0.267 e. The van der Waals surface area contributed by atoms with Crippen molar-refractivity contribution >= 4 is 0 Å². The molecule has 0 rings (SSSR count). The Morgan fingerprint density at radius 1 is 1.75 bits per heavy atom. The van der Waals surface area contributed by atoms with Crippen LogP contribution in [0.2, 0.25) is 0 Å². The molecule has 0 saturated carbocycles. The summed E-state index contributed by atoms with van der Waals surface area (Å²) in [5, 5.41) is 8.38. The Hall–Kier alpha value is -0.0805. The van der Waals surface area contributed by atoms with E-state index < -0.39 is 0 Å². The first-order chi connectivity index (χ1) is 1.41. The monoisotopic (exact) mass is 102 g/mol. The molecule has 0 aromatic heterocycles. The smallest absolute Gasteiger partial charge is 0.00366 e. The SMILES string of the molecule is O=[NH+][O-].[Mn]. The van der Waals surface area contributed by atoms with Gasteiger partial charge in [-0.25, -0.2) is 0 Å². The number of hydrogen-bond donors (Lipinski definition) is 1. The van der Waals surface area contributed by atoms with Gasteiger partial charge in [0.05, 0.1) is 0 Å². The zero-order valence-electron chi connectivity index (χ0n) is 1.69. The van der Waals surface area contributed by atoms with Gasteiger partial charge in [-0.1, -0.05) is 0 Å². The summed E-state index contributed by atoms with van der Waals surface area (Å²) in [7, 11) is 0. The molecule has 0 aliphatic rings. The summed E-state index contributed by atoms with van der Waals surface area (Å²) in [5.41, 5.74) is 0. The van der Waals surface area contributed by atoms with E-state index >= 15 is 0 Å². The zero-order chi connectivity index (χ0) is 2.71. The fourth-order valence-corrected chi connectivity index (χ4v) is 0. The minimum atomic E-state index is 0.